The third kappa shape index (κ3) is 3.74. The highest BCUT2D eigenvalue weighted by molar-refractivity contribution is 7.91. The molecule has 1 aliphatic carbocycles. The van der Waals surface area contributed by atoms with Crippen LogP contribution >= 0.6 is 0 Å². The van der Waals surface area contributed by atoms with Crippen molar-refractivity contribution < 1.29 is 13.2 Å². The normalized spacial score (nSPS) is 33.9. The average Bonchev–Trinajstić information content (AvgIpc) is 2.69. The molecule has 0 radical (unpaired) electrons. The van der Waals surface area contributed by atoms with E-state index in [1.54, 1.807) is 0 Å². The summed E-state index contributed by atoms with van der Waals surface area (Å²) in [6, 6.07) is 0.208. The van der Waals surface area contributed by atoms with Crippen molar-refractivity contribution in [3.05, 3.63) is 0 Å². The Hall–Kier alpha value is -0.580. The molecule has 1 aliphatic heterocycles. The summed E-state index contributed by atoms with van der Waals surface area (Å²) in [5, 5.41) is 3.15. The first-order valence-electron chi connectivity index (χ1n) is 7.70. The van der Waals surface area contributed by atoms with E-state index >= 15 is 0 Å². The van der Waals surface area contributed by atoms with Gasteiger partial charge in [-0.25, -0.2) is 8.42 Å². The summed E-state index contributed by atoms with van der Waals surface area (Å²) in [7, 11) is -2.98. The summed E-state index contributed by atoms with van der Waals surface area (Å²) in [6.07, 6.45) is 5.04. The van der Waals surface area contributed by atoms with Crippen LogP contribution in [0.1, 0.15) is 52.9 Å². The fraction of sp³-hybridized carbons (Fsp3) is 0.933. The number of carbonyl (C=O) groups is 1. The molecule has 3 atom stereocenters. The molecule has 1 N–H and O–H groups in total. The van der Waals surface area contributed by atoms with Gasteiger partial charge in [-0.05, 0) is 30.6 Å². The van der Waals surface area contributed by atoms with Gasteiger partial charge in [0.25, 0.3) is 0 Å². The summed E-state index contributed by atoms with van der Waals surface area (Å²) < 4.78 is 23.0. The Balaban J connectivity index is 1.99. The van der Waals surface area contributed by atoms with Gasteiger partial charge in [0.15, 0.2) is 9.84 Å². The summed E-state index contributed by atoms with van der Waals surface area (Å²) in [5.74, 6) is 0.303. The summed E-state index contributed by atoms with van der Waals surface area (Å²) in [6.45, 7) is 6.67. The summed E-state index contributed by atoms with van der Waals surface area (Å²) >= 11 is 0. The average molecular weight is 301 g/mol. The minimum absolute atomic E-state index is 0.0335. The number of hydrogen-bond acceptors (Lipinski definition) is 3. The van der Waals surface area contributed by atoms with Crippen LogP contribution in [0.5, 0.6) is 0 Å². The van der Waals surface area contributed by atoms with Crippen molar-refractivity contribution in [3.8, 4) is 0 Å². The summed E-state index contributed by atoms with van der Waals surface area (Å²) in [5.41, 5.74) is 0.181. The van der Waals surface area contributed by atoms with Crippen LogP contribution in [0.2, 0.25) is 0 Å². The number of hydrogen-bond donors (Lipinski definition) is 1. The molecule has 0 bridgehead atoms. The van der Waals surface area contributed by atoms with Crippen LogP contribution in [0.15, 0.2) is 0 Å². The van der Waals surface area contributed by atoms with Crippen molar-refractivity contribution in [3.63, 3.8) is 0 Å². The SMILES string of the molecule is CC(C)(C)[C@@H]1CCCC[C@@H]1NC(=O)[C@@H]1CCS(=O)(=O)C1. The molecule has 0 aromatic rings. The zero-order chi connectivity index (χ0) is 15.0. The van der Waals surface area contributed by atoms with E-state index in [2.05, 4.69) is 26.1 Å². The lowest BCUT2D eigenvalue weighted by atomic mass is 9.69. The van der Waals surface area contributed by atoms with E-state index in [4.69, 9.17) is 0 Å². The Kier molecular flexibility index (Phi) is 4.47. The van der Waals surface area contributed by atoms with Crippen molar-refractivity contribution in [2.75, 3.05) is 11.5 Å². The molecule has 1 amide bonds. The third-order valence-corrected chi connectivity index (χ3v) is 6.58. The molecule has 20 heavy (non-hydrogen) atoms. The number of sulfone groups is 1. The van der Waals surface area contributed by atoms with E-state index in [9.17, 15) is 13.2 Å². The van der Waals surface area contributed by atoms with E-state index in [1.165, 1.54) is 6.42 Å². The highest BCUT2D eigenvalue weighted by Crippen LogP contribution is 2.38. The van der Waals surface area contributed by atoms with Gasteiger partial charge in [0.2, 0.25) is 5.91 Å². The molecule has 0 spiro atoms. The quantitative estimate of drug-likeness (QED) is 0.850. The molecule has 2 fully saturated rings. The monoisotopic (exact) mass is 301 g/mol. The van der Waals surface area contributed by atoms with E-state index in [1.807, 2.05) is 0 Å². The highest BCUT2D eigenvalue weighted by atomic mass is 32.2. The lowest BCUT2D eigenvalue weighted by Crippen LogP contribution is -2.48. The molecule has 0 aromatic carbocycles. The van der Waals surface area contributed by atoms with Crippen molar-refractivity contribution >= 4 is 15.7 Å². The number of nitrogens with one attached hydrogen (secondary N) is 1. The number of carbonyl (C=O) groups excluding carboxylic acids is 1. The second kappa shape index (κ2) is 5.66. The Morgan fingerprint density at radius 1 is 1.10 bits per heavy atom. The van der Waals surface area contributed by atoms with Crippen LogP contribution in [0.25, 0.3) is 0 Å². The smallest absolute Gasteiger partial charge is 0.224 e. The lowest BCUT2D eigenvalue weighted by Gasteiger charge is -2.41. The molecule has 2 aliphatic rings. The zero-order valence-corrected chi connectivity index (χ0v) is 13.6. The van der Waals surface area contributed by atoms with Crippen LogP contribution < -0.4 is 5.32 Å². The van der Waals surface area contributed by atoms with Gasteiger partial charge in [-0.2, -0.15) is 0 Å². The van der Waals surface area contributed by atoms with Crippen molar-refractivity contribution in [1.29, 1.82) is 0 Å². The second-order valence-electron chi connectivity index (χ2n) is 7.47. The predicted molar refractivity (Wildman–Crippen MR) is 80.1 cm³/mol. The molecule has 5 heteroatoms. The lowest BCUT2D eigenvalue weighted by molar-refractivity contribution is -0.126. The molecule has 4 nitrogen and oxygen atoms in total. The maximum absolute atomic E-state index is 12.3. The largest absolute Gasteiger partial charge is 0.353 e. The van der Waals surface area contributed by atoms with Gasteiger partial charge < -0.3 is 5.32 Å². The van der Waals surface area contributed by atoms with Crippen LogP contribution in [0.4, 0.5) is 0 Å². The highest BCUT2D eigenvalue weighted by Gasteiger charge is 2.38. The standard InChI is InChI=1S/C15H27NO3S/c1-15(2,3)12-6-4-5-7-13(12)16-14(17)11-8-9-20(18,19)10-11/h11-13H,4-10H2,1-3H3,(H,16,17)/t11-,12-,13+/m1/s1. The van der Waals surface area contributed by atoms with Gasteiger partial charge >= 0.3 is 0 Å². The van der Waals surface area contributed by atoms with Gasteiger partial charge in [-0.1, -0.05) is 33.6 Å². The third-order valence-electron chi connectivity index (χ3n) is 4.81. The first-order chi connectivity index (χ1) is 9.19. The van der Waals surface area contributed by atoms with Crippen LogP contribution in [-0.4, -0.2) is 31.9 Å². The van der Waals surface area contributed by atoms with Gasteiger partial charge in [-0.3, -0.25) is 4.79 Å². The van der Waals surface area contributed by atoms with E-state index in [-0.39, 0.29) is 34.8 Å². The van der Waals surface area contributed by atoms with Crippen LogP contribution in [-0.2, 0) is 14.6 Å². The maximum Gasteiger partial charge on any atom is 0.224 e. The number of amides is 1. The van der Waals surface area contributed by atoms with Crippen LogP contribution in [0, 0.1) is 17.3 Å². The molecule has 116 valence electrons. The van der Waals surface area contributed by atoms with Gasteiger partial charge in [0, 0.05) is 6.04 Å². The van der Waals surface area contributed by atoms with Gasteiger partial charge in [0.05, 0.1) is 17.4 Å². The molecule has 1 heterocycles. The Bertz CT molecular complexity index is 464. The van der Waals surface area contributed by atoms with Crippen molar-refractivity contribution in [2.24, 2.45) is 17.3 Å². The predicted octanol–water partition coefficient (Wildman–Crippen LogP) is 2.14. The first-order valence-corrected chi connectivity index (χ1v) is 9.52. The first kappa shape index (κ1) is 15.8. The molecule has 1 saturated carbocycles. The van der Waals surface area contributed by atoms with Crippen molar-refractivity contribution in [1.82, 2.24) is 5.32 Å². The van der Waals surface area contributed by atoms with E-state index < -0.39 is 9.84 Å². The Morgan fingerprint density at radius 3 is 2.30 bits per heavy atom. The minimum atomic E-state index is -2.98. The fourth-order valence-corrected chi connectivity index (χ4v) is 5.38. The zero-order valence-electron chi connectivity index (χ0n) is 12.8. The second-order valence-corrected chi connectivity index (χ2v) is 9.70. The Labute approximate surface area is 122 Å². The topological polar surface area (TPSA) is 63.2 Å². The van der Waals surface area contributed by atoms with E-state index in [0.717, 1.165) is 19.3 Å². The summed E-state index contributed by atoms with van der Waals surface area (Å²) in [4.78, 5) is 12.3. The molecule has 0 aromatic heterocycles. The molecular formula is C15H27NO3S. The number of rotatable bonds is 2. The molecular weight excluding hydrogens is 274 g/mol. The molecule has 1 saturated heterocycles. The molecule has 0 unspecified atom stereocenters. The van der Waals surface area contributed by atoms with Gasteiger partial charge in [-0.15, -0.1) is 0 Å². The van der Waals surface area contributed by atoms with Crippen LogP contribution in [0.3, 0.4) is 0 Å². The Morgan fingerprint density at radius 2 is 1.75 bits per heavy atom. The minimum Gasteiger partial charge on any atom is -0.353 e. The fourth-order valence-electron chi connectivity index (χ4n) is 3.64. The van der Waals surface area contributed by atoms with Gasteiger partial charge in [0.1, 0.15) is 0 Å². The molecule has 2 rings (SSSR count). The van der Waals surface area contributed by atoms with E-state index in [0.29, 0.717) is 12.3 Å². The maximum atomic E-state index is 12.3. The van der Waals surface area contributed by atoms with Crippen molar-refractivity contribution in [2.45, 2.75) is 58.9 Å².